The van der Waals surface area contributed by atoms with E-state index in [0.717, 1.165) is 12.1 Å². The first kappa shape index (κ1) is 21.4. The van der Waals surface area contributed by atoms with Crippen LogP contribution in [0.25, 0.3) is 0 Å². The standard InChI is InChI=1S/C25H31N3O3/c1-24(2)16-25(24,19-9-7-6-8-10-19)17-28(3)15-23-26-22(27-31-23)14-18-11-12-20(29-4)21(13-18)30-5/h6-13H,14-17H2,1-5H3. The van der Waals surface area contributed by atoms with E-state index in [1.807, 2.05) is 18.2 Å². The van der Waals surface area contributed by atoms with Crippen LogP contribution in [0.15, 0.2) is 53.1 Å². The second-order valence-corrected chi connectivity index (χ2v) is 9.15. The van der Waals surface area contributed by atoms with Crippen molar-refractivity contribution < 1.29 is 14.0 Å². The number of rotatable bonds is 9. The maximum Gasteiger partial charge on any atom is 0.240 e. The average molecular weight is 422 g/mol. The molecule has 0 radical (unpaired) electrons. The molecule has 3 aromatic rings. The van der Waals surface area contributed by atoms with Crippen molar-refractivity contribution in [2.45, 2.75) is 38.6 Å². The minimum Gasteiger partial charge on any atom is -0.493 e. The number of likely N-dealkylation sites (N-methyl/N-ethyl adjacent to an activating group) is 1. The molecule has 0 spiro atoms. The van der Waals surface area contributed by atoms with Gasteiger partial charge in [-0.15, -0.1) is 0 Å². The van der Waals surface area contributed by atoms with E-state index in [0.29, 0.717) is 36.2 Å². The molecule has 1 heterocycles. The van der Waals surface area contributed by atoms with Crippen molar-refractivity contribution in [2.24, 2.45) is 5.41 Å². The lowest BCUT2D eigenvalue weighted by Crippen LogP contribution is -2.32. The SMILES string of the molecule is COc1ccc(Cc2noc(CN(C)CC3(c4ccccc4)CC3(C)C)n2)cc1OC. The van der Waals surface area contributed by atoms with Gasteiger partial charge in [-0.05, 0) is 42.1 Å². The van der Waals surface area contributed by atoms with Crippen molar-refractivity contribution in [3.05, 3.63) is 71.4 Å². The van der Waals surface area contributed by atoms with E-state index in [-0.39, 0.29) is 10.8 Å². The number of nitrogens with zero attached hydrogens (tertiary/aromatic N) is 3. The summed E-state index contributed by atoms with van der Waals surface area (Å²) in [5, 5.41) is 4.18. The molecule has 0 saturated heterocycles. The predicted octanol–water partition coefficient (Wildman–Crippen LogP) is 4.48. The minimum atomic E-state index is 0.172. The van der Waals surface area contributed by atoms with Crippen molar-refractivity contribution in [1.29, 1.82) is 0 Å². The molecule has 1 atom stereocenters. The Balaban J connectivity index is 1.41. The fraction of sp³-hybridized carbons (Fsp3) is 0.440. The summed E-state index contributed by atoms with van der Waals surface area (Å²) < 4.78 is 16.2. The molecule has 1 unspecified atom stereocenters. The Bertz CT molecular complexity index is 1030. The third-order valence-corrected chi connectivity index (χ3v) is 6.51. The molecule has 0 bridgehead atoms. The van der Waals surface area contributed by atoms with Crippen LogP contribution >= 0.6 is 0 Å². The molecule has 1 aliphatic rings. The van der Waals surface area contributed by atoms with Gasteiger partial charge in [-0.1, -0.05) is 55.4 Å². The van der Waals surface area contributed by atoms with Crippen molar-refractivity contribution in [2.75, 3.05) is 27.8 Å². The van der Waals surface area contributed by atoms with Gasteiger partial charge < -0.3 is 14.0 Å². The van der Waals surface area contributed by atoms with Crippen molar-refractivity contribution >= 4 is 0 Å². The van der Waals surface area contributed by atoms with Gasteiger partial charge in [-0.25, -0.2) is 0 Å². The van der Waals surface area contributed by atoms with Gasteiger partial charge in [0.1, 0.15) is 0 Å². The first-order chi connectivity index (χ1) is 14.9. The monoisotopic (exact) mass is 421 g/mol. The quantitative estimate of drug-likeness (QED) is 0.508. The third kappa shape index (κ3) is 4.30. The second kappa shape index (κ2) is 8.35. The molecule has 1 saturated carbocycles. The number of hydrogen-bond acceptors (Lipinski definition) is 6. The zero-order chi connectivity index (χ0) is 22.1. The summed E-state index contributed by atoms with van der Waals surface area (Å²) >= 11 is 0. The Morgan fingerprint density at radius 1 is 1.03 bits per heavy atom. The van der Waals surface area contributed by atoms with Crippen LogP contribution in [0.2, 0.25) is 0 Å². The number of methoxy groups -OCH3 is 2. The van der Waals surface area contributed by atoms with E-state index in [2.05, 4.69) is 66.3 Å². The molecule has 0 N–H and O–H groups in total. The molecule has 0 amide bonds. The number of aromatic nitrogens is 2. The highest BCUT2D eigenvalue weighted by Gasteiger charge is 2.61. The van der Waals surface area contributed by atoms with Gasteiger partial charge in [0.25, 0.3) is 0 Å². The Labute approximate surface area is 184 Å². The van der Waals surface area contributed by atoms with Crippen LogP contribution in [0.3, 0.4) is 0 Å². The third-order valence-electron chi connectivity index (χ3n) is 6.51. The Kier molecular flexibility index (Phi) is 5.75. The van der Waals surface area contributed by atoms with Crippen molar-refractivity contribution in [1.82, 2.24) is 15.0 Å². The maximum absolute atomic E-state index is 5.54. The first-order valence-corrected chi connectivity index (χ1v) is 10.6. The van der Waals surface area contributed by atoms with Crippen LogP contribution < -0.4 is 9.47 Å². The molecule has 31 heavy (non-hydrogen) atoms. The van der Waals surface area contributed by atoms with Crippen LogP contribution in [-0.4, -0.2) is 42.9 Å². The van der Waals surface area contributed by atoms with Crippen LogP contribution in [0.5, 0.6) is 11.5 Å². The first-order valence-electron chi connectivity index (χ1n) is 10.6. The maximum atomic E-state index is 5.54. The van der Waals surface area contributed by atoms with Gasteiger partial charge in [-0.2, -0.15) is 4.98 Å². The number of hydrogen-bond donors (Lipinski definition) is 0. The van der Waals surface area contributed by atoms with E-state index < -0.39 is 0 Å². The Morgan fingerprint density at radius 2 is 1.74 bits per heavy atom. The molecular weight excluding hydrogens is 390 g/mol. The highest BCUT2D eigenvalue weighted by molar-refractivity contribution is 5.43. The smallest absolute Gasteiger partial charge is 0.240 e. The zero-order valence-corrected chi connectivity index (χ0v) is 19.0. The lowest BCUT2D eigenvalue weighted by atomic mass is 9.87. The molecule has 0 aliphatic heterocycles. The summed E-state index contributed by atoms with van der Waals surface area (Å²) in [5.41, 5.74) is 2.91. The van der Waals surface area contributed by atoms with E-state index in [1.54, 1.807) is 14.2 Å². The zero-order valence-electron chi connectivity index (χ0n) is 19.0. The molecule has 1 aromatic heterocycles. The van der Waals surface area contributed by atoms with Crippen molar-refractivity contribution in [3.63, 3.8) is 0 Å². The second-order valence-electron chi connectivity index (χ2n) is 9.15. The fourth-order valence-electron chi connectivity index (χ4n) is 4.67. The van der Waals surface area contributed by atoms with Gasteiger partial charge in [0.15, 0.2) is 17.3 Å². The van der Waals surface area contributed by atoms with Gasteiger partial charge in [0, 0.05) is 18.4 Å². The van der Waals surface area contributed by atoms with Crippen LogP contribution in [0.1, 0.15) is 43.1 Å². The summed E-state index contributed by atoms with van der Waals surface area (Å²) in [5.74, 6) is 2.71. The van der Waals surface area contributed by atoms with Gasteiger partial charge in [0.2, 0.25) is 5.89 Å². The van der Waals surface area contributed by atoms with Gasteiger partial charge >= 0.3 is 0 Å². The van der Waals surface area contributed by atoms with Gasteiger partial charge in [-0.3, -0.25) is 4.90 Å². The molecule has 164 valence electrons. The summed E-state index contributed by atoms with van der Waals surface area (Å²) in [6, 6.07) is 16.7. The molecule has 2 aromatic carbocycles. The molecule has 1 fully saturated rings. The van der Waals surface area contributed by atoms with Crippen molar-refractivity contribution in [3.8, 4) is 11.5 Å². The molecule has 6 nitrogen and oxygen atoms in total. The summed E-state index contributed by atoms with van der Waals surface area (Å²) in [4.78, 5) is 6.90. The fourth-order valence-corrected chi connectivity index (χ4v) is 4.67. The van der Waals surface area contributed by atoms with Crippen LogP contribution in [-0.2, 0) is 18.4 Å². The van der Waals surface area contributed by atoms with E-state index in [1.165, 1.54) is 12.0 Å². The summed E-state index contributed by atoms with van der Waals surface area (Å²) in [6.07, 6.45) is 1.76. The highest BCUT2D eigenvalue weighted by atomic mass is 16.5. The predicted molar refractivity (Wildman–Crippen MR) is 120 cm³/mol. The minimum absolute atomic E-state index is 0.172. The van der Waals surface area contributed by atoms with E-state index in [4.69, 9.17) is 14.0 Å². The van der Waals surface area contributed by atoms with E-state index in [9.17, 15) is 0 Å². The highest BCUT2D eigenvalue weighted by Crippen LogP contribution is 2.64. The normalized spacial score (nSPS) is 19.4. The van der Waals surface area contributed by atoms with Gasteiger partial charge in [0.05, 0.1) is 20.8 Å². The van der Waals surface area contributed by atoms with E-state index >= 15 is 0 Å². The lowest BCUT2D eigenvalue weighted by molar-refractivity contribution is 0.234. The molecular formula is C25H31N3O3. The Morgan fingerprint density at radius 3 is 2.39 bits per heavy atom. The summed E-state index contributed by atoms with van der Waals surface area (Å²) in [7, 11) is 5.38. The lowest BCUT2D eigenvalue weighted by Gasteiger charge is -2.26. The molecule has 1 aliphatic carbocycles. The summed E-state index contributed by atoms with van der Waals surface area (Å²) in [6.45, 7) is 6.28. The van der Waals surface area contributed by atoms with Crippen LogP contribution in [0.4, 0.5) is 0 Å². The number of ether oxygens (including phenoxy) is 2. The number of benzene rings is 2. The Hall–Kier alpha value is -2.86. The topological polar surface area (TPSA) is 60.6 Å². The van der Waals surface area contributed by atoms with Crippen LogP contribution in [0, 0.1) is 5.41 Å². The average Bonchev–Trinajstić information content (AvgIpc) is 3.06. The molecule has 6 heteroatoms. The largest absolute Gasteiger partial charge is 0.493 e. The molecule has 4 rings (SSSR count).